The van der Waals surface area contributed by atoms with E-state index in [0.29, 0.717) is 6.20 Å². The molecule has 1 aromatic heterocycles. The Kier molecular flexibility index (Phi) is 3.89. The number of methoxy groups -OCH3 is 1. The molecule has 0 aromatic carbocycles. The summed E-state index contributed by atoms with van der Waals surface area (Å²) in [5, 5.41) is 0. The van der Waals surface area contributed by atoms with Crippen LogP contribution in [-0.2, 0) is 4.74 Å². The molecule has 0 radical (unpaired) electrons. The van der Waals surface area contributed by atoms with E-state index in [0.717, 1.165) is 7.11 Å². The van der Waals surface area contributed by atoms with Crippen molar-refractivity contribution in [3.63, 3.8) is 0 Å². The summed E-state index contributed by atoms with van der Waals surface area (Å²) >= 11 is 1.57. The summed E-state index contributed by atoms with van der Waals surface area (Å²) in [4.78, 5) is 14.6. The molecule has 0 bridgehead atoms. The van der Waals surface area contributed by atoms with Crippen LogP contribution >= 0.6 is 22.6 Å². The molecule has 0 saturated carbocycles. The van der Waals surface area contributed by atoms with Crippen molar-refractivity contribution in [1.29, 1.82) is 0 Å². The van der Waals surface area contributed by atoms with Gasteiger partial charge in [0.05, 0.1) is 12.7 Å². The van der Waals surface area contributed by atoms with Gasteiger partial charge < -0.3 is 4.74 Å². The minimum absolute atomic E-state index is 0.0126. The predicted molar refractivity (Wildman–Crippen MR) is 53.2 cm³/mol. The van der Waals surface area contributed by atoms with Crippen LogP contribution < -0.4 is 0 Å². The van der Waals surface area contributed by atoms with Gasteiger partial charge in [-0.25, -0.2) is 22.9 Å². The number of halogens is 4. The van der Waals surface area contributed by atoms with E-state index < -0.39 is 29.3 Å². The Bertz CT molecular complexity index is 398. The zero-order chi connectivity index (χ0) is 11.6. The molecule has 0 amide bonds. The maximum absolute atomic E-state index is 13.4. The first-order valence-corrected chi connectivity index (χ1v) is 4.77. The van der Waals surface area contributed by atoms with Gasteiger partial charge in [-0.2, -0.15) is 0 Å². The fourth-order valence-corrected chi connectivity index (χ4v) is 1.51. The second kappa shape index (κ2) is 4.77. The average Bonchev–Trinajstić information content (AvgIpc) is 2.16. The number of nitrogens with zero attached hydrogens (tertiary/aromatic N) is 1. The van der Waals surface area contributed by atoms with Crippen LogP contribution in [0.4, 0.5) is 13.2 Å². The lowest BCUT2D eigenvalue weighted by atomic mass is 10.2. The van der Waals surface area contributed by atoms with Gasteiger partial charge in [0.1, 0.15) is 9.26 Å². The summed E-state index contributed by atoms with van der Waals surface area (Å²) < 4.78 is 42.2. The molecule has 7 heteroatoms. The summed E-state index contributed by atoms with van der Waals surface area (Å²) in [5.74, 6) is -2.30. The van der Waals surface area contributed by atoms with Crippen molar-refractivity contribution in [3.05, 3.63) is 26.8 Å². The lowest BCUT2D eigenvalue weighted by Gasteiger charge is -2.07. The Balaban J connectivity index is 3.36. The highest BCUT2D eigenvalue weighted by Gasteiger charge is 2.24. The first-order valence-electron chi connectivity index (χ1n) is 3.69. The Morgan fingerprint density at radius 3 is 2.67 bits per heavy atom. The van der Waals surface area contributed by atoms with Crippen LogP contribution in [0.3, 0.4) is 0 Å². The van der Waals surface area contributed by atoms with Gasteiger partial charge in [-0.05, 0) is 22.6 Å². The van der Waals surface area contributed by atoms with Crippen molar-refractivity contribution in [2.45, 2.75) is 6.43 Å². The van der Waals surface area contributed by atoms with E-state index in [2.05, 4.69) is 9.72 Å². The van der Waals surface area contributed by atoms with Crippen molar-refractivity contribution in [3.8, 4) is 0 Å². The number of rotatable bonds is 2. The number of alkyl halides is 2. The van der Waals surface area contributed by atoms with Gasteiger partial charge in [0.2, 0.25) is 0 Å². The maximum Gasteiger partial charge on any atom is 0.343 e. The molecule has 0 atom stereocenters. The molecule has 1 heterocycles. The van der Waals surface area contributed by atoms with Crippen LogP contribution in [0.15, 0.2) is 6.20 Å². The number of aromatic nitrogens is 1. The molecular formula is C8H5F3INO2. The molecule has 1 aromatic rings. The third-order valence-corrected chi connectivity index (χ3v) is 2.44. The molecule has 0 aliphatic heterocycles. The summed E-state index contributed by atoms with van der Waals surface area (Å²) in [6.45, 7) is 0. The standard InChI is InChI=1S/C8H5F3INO2/c1-15-8(14)4-5(9)3(6(10)11)2-13-7(4)12/h2,6H,1H3. The van der Waals surface area contributed by atoms with E-state index in [1.165, 1.54) is 0 Å². The Hall–Kier alpha value is -0.860. The minimum atomic E-state index is -3.02. The number of pyridine rings is 1. The van der Waals surface area contributed by atoms with E-state index in [-0.39, 0.29) is 3.70 Å². The summed E-state index contributed by atoms with van der Waals surface area (Å²) in [5.41, 5.74) is -1.47. The van der Waals surface area contributed by atoms with Crippen LogP contribution in [0, 0.1) is 9.52 Å². The van der Waals surface area contributed by atoms with E-state index in [9.17, 15) is 18.0 Å². The van der Waals surface area contributed by atoms with E-state index in [4.69, 9.17) is 0 Å². The number of ether oxygens (including phenoxy) is 1. The first kappa shape index (κ1) is 12.2. The van der Waals surface area contributed by atoms with E-state index in [1.54, 1.807) is 22.6 Å². The molecule has 0 spiro atoms. The fraction of sp³-hybridized carbons (Fsp3) is 0.250. The molecule has 0 saturated heterocycles. The fourth-order valence-electron chi connectivity index (χ4n) is 0.910. The molecule has 0 unspecified atom stereocenters. The van der Waals surface area contributed by atoms with E-state index in [1.807, 2.05) is 0 Å². The lowest BCUT2D eigenvalue weighted by Crippen LogP contribution is -2.11. The van der Waals surface area contributed by atoms with Crippen LogP contribution in [-0.4, -0.2) is 18.1 Å². The zero-order valence-electron chi connectivity index (χ0n) is 7.43. The van der Waals surface area contributed by atoms with Gasteiger partial charge in [-0.15, -0.1) is 0 Å². The first-order chi connectivity index (χ1) is 6.99. The van der Waals surface area contributed by atoms with Crippen LogP contribution in [0.2, 0.25) is 0 Å². The third-order valence-electron chi connectivity index (χ3n) is 1.62. The number of carbonyl (C=O) groups is 1. The van der Waals surface area contributed by atoms with Gasteiger partial charge in [0, 0.05) is 6.20 Å². The molecular weight excluding hydrogens is 326 g/mol. The predicted octanol–water partition coefficient (Wildman–Crippen LogP) is 2.55. The smallest absolute Gasteiger partial charge is 0.343 e. The third kappa shape index (κ3) is 2.39. The minimum Gasteiger partial charge on any atom is -0.465 e. The molecule has 0 aliphatic carbocycles. The van der Waals surface area contributed by atoms with Crippen molar-refractivity contribution < 1.29 is 22.7 Å². The second-order valence-electron chi connectivity index (χ2n) is 2.49. The summed E-state index contributed by atoms with van der Waals surface area (Å²) in [6.07, 6.45) is -2.31. The molecule has 15 heavy (non-hydrogen) atoms. The Morgan fingerprint density at radius 2 is 2.20 bits per heavy atom. The van der Waals surface area contributed by atoms with Crippen molar-refractivity contribution >= 4 is 28.6 Å². The number of hydrogen-bond acceptors (Lipinski definition) is 3. The molecule has 0 fully saturated rings. The average molecular weight is 331 g/mol. The Labute approximate surface area is 96.8 Å². The molecule has 82 valence electrons. The maximum atomic E-state index is 13.4. The number of esters is 1. The van der Waals surface area contributed by atoms with Crippen molar-refractivity contribution in [2.75, 3.05) is 7.11 Å². The summed E-state index contributed by atoms with van der Waals surface area (Å²) in [6, 6.07) is 0. The van der Waals surface area contributed by atoms with Crippen LogP contribution in [0.5, 0.6) is 0 Å². The highest BCUT2D eigenvalue weighted by atomic mass is 127. The topological polar surface area (TPSA) is 39.2 Å². The largest absolute Gasteiger partial charge is 0.465 e. The molecule has 3 nitrogen and oxygen atoms in total. The second-order valence-corrected chi connectivity index (χ2v) is 3.51. The van der Waals surface area contributed by atoms with Gasteiger partial charge >= 0.3 is 5.97 Å². The number of carbonyl (C=O) groups excluding carboxylic acids is 1. The monoisotopic (exact) mass is 331 g/mol. The van der Waals surface area contributed by atoms with Crippen molar-refractivity contribution in [2.24, 2.45) is 0 Å². The van der Waals surface area contributed by atoms with Gasteiger partial charge in [-0.3, -0.25) is 0 Å². The lowest BCUT2D eigenvalue weighted by molar-refractivity contribution is 0.0592. The Morgan fingerprint density at radius 1 is 1.60 bits per heavy atom. The molecule has 0 aliphatic rings. The van der Waals surface area contributed by atoms with Gasteiger partial charge in [0.15, 0.2) is 5.82 Å². The highest BCUT2D eigenvalue weighted by molar-refractivity contribution is 14.1. The normalized spacial score (nSPS) is 10.5. The zero-order valence-corrected chi connectivity index (χ0v) is 9.59. The quantitative estimate of drug-likeness (QED) is 0.475. The number of hydrogen-bond donors (Lipinski definition) is 0. The van der Waals surface area contributed by atoms with Gasteiger partial charge in [-0.1, -0.05) is 0 Å². The summed E-state index contributed by atoms with van der Waals surface area (Å²) in [7, 11) is 1.03. The molecule has 0 N–H and O–H groups in total. The van der Waals surface area contributed by atoms with Crippen LogP contribution in [0.25, 0.3) is 0 Å². The van der Waals surface area contributed by atoms with Gasteiger partial charge in [0.25, 0.3) is 6.43 Å². The highest BCUT2D eigenvalue weighted by Crippen LogP contribution is 2.25. The SMILES string of the molecule is COC(=O)c1c(I)ncc(C(F)F)c1F. The van der Waals surface area contributed by atoms with Crippen molar-refractivity contribution in [1.82, 2.24) is 4.98 Å². The molecule has 1 rings (SSSR count). The van der Waals surface area contributed by atoms with E-state index >= 15 is 0 Å². The van der Waals surface area contributed by atoms with Crippen LogP contribution in [0.1, 0.15) is 22.3 Å².